The number of hydrogen-bond acceptors (Lipinski definition) is 3. The molecule has 0 aromatic carbocycles. The molecular weight excluding hydrogens is 192 g/mol. The van der Waals surface area contributed by atoms with E-state index in [9.17, 15) is 9.59 Å². The predicted molar refractivity (Wildman–Crippen MR) is 60.4 cm³/mol. The lowest BCUT2D eigenvalue weighted by Crippen LogP contribution is -2.41. The third kappa shape index (κ3) is 4.93. The summed E-state index contributed by atoms with van der Waals surface area (Å²) in [4.78, 5) is 24.5. The normalized spacial score (nSPS) is 13.2. The second-order valence-electron chi connectivity index (χ2n) is 4.15. The second kappa shape index (κ2) is 6.56. The van der Waals surface area contributed by atoms with Crippen LogP contribution >= 0.6 is 0 Å². The van der Waals surface area contributed by atoms with Crippen LogP contribution in [0.25, 0.3) is 0 Å². The van der Waals surface area contributed by atoms with Gasteiger partial charge in [-0.2, -0.15) is 0 Å². The highest BCUT2D eigenvalue weighted by atomic mass is 16.1. The van der Waals surface area contributed by atoms with Crippen molar-refractivity contribution in [2.24, 2.45) is 11.7 Å². The lowest BCUT2D eigenvalue weighted by atomic mass is 9.97. The van der Waals surface area contributed by atoms with Gasteiger partial charge < -0.3 is 5.73 Å². The summed E-state index contributed by atoms with van der Waals surface area (Å²) in [5, 5.41) is 0. The molecule has 0 aliphatic rings. The highest BCUT2D eigenvalue weighted by Gasteiger charge is 2.24. The van der Waals surface area contributed by atoms with Gasteiger partial charge in [0.1, 0.15) is 0 Å². The van der Waals surface area contributed by atoms with Crippen LogP contribution in [-0.4, -0.2) is 36.2 Å². The molecule has 0 heterocycles. The summed E-state index contributed by atoms with van der Waals surface area (Å²) in [6, 6.07) is -0.178. The predicted octanol–water partition coefficient (Wildman–Crippen LogP) is 0.797. The minimum atomic E-state index is -0.346. The molecule has 0 aromatic heterocycles. The lowest BCUT2D eigenvalue weighted by molar-refractivity contribution is -0.127. The van der Waals surface area contributed by atoms with Crippen LogP contribution in [0.15, 0.2) is 0 Å². The van der Waals surface area contributed by atoms with Crippen molar-refractivity contribution in [1.29, 1.82) is 0 Å². The molecule has 2 N–H and O–H groups in total. The topological polar surface area (TPSA) is 63.4 Å². The van der Waals surface area contributed by atoms with Gasteiger partial charge in [-0.15, -0.1) is 0 Å². The number of hydrogen-bond donors (Lipinski definition) is 1. The quantitative estimate of drug-likeness (QED) is 0.681. The van der Waals surface area contributed by atoms with Crippen molar-refractivity contribution in [3.8, 4) is 0 Å². The van der Waals surface area contributed by atoms with Gasteiger partial charge in [0.2, 0.25) is 5.91 Å². The van der Waals surface area contributed by atoms with E-state index < -0.39 is 0 Å². The lowest BCUT2D eigenvalue weighted by Gasteiger charge is -2.26. The van der Waals surface area contributed by atoms with E-state index >= 15 is 0 Å². The number of nitrogens with zero attached hydrogens (tertiary/aromatic N) is 1. The summed E-state index contributed by atoms with van der Waals surface area (Å²) < 4.78 is 0. The first-order valence-electron chi connectivity index (χ1n) is 5.42. The molecule has 0 saturated heterocycles. The summed E-state index contributed by atoms with van der Waals surface area (Å²) in [5.41, 5.74) is 5.09. The van der Waals surface area contributed by atoms with E-state index in [0.29, 0.717) is 6.42 Å². The SMILES string of the molecule is CCN(C)[C@@H](CCC(N)=O)C(=O)C(C)C. The molecule has 88 valence electrons. The monoisotopic (exact) mass is 214 g/mol. The number of rotatable bonds is 7. The maximum atomic E-state index is 11.9. The Hall–Kier alpha value is -0.900. The molecular formula is C11H22N2O2. The largest absolute Gasteiger partial charge is 0.370 e. The molecule has 0 fully saturated rings. The summed E-state index contributed by atoms with van der Waals surface area (Å²) in [5.74, 6) is -0.168. The Labute approximate surface area is 91.8 Å². The van der Waals surface area contributed by atoms with Crippen LogP contribution in [-0.2, 0) is 9.59 Å². The average Bonchev–Trinajstić information content (AvgIpc) is 2.16. The van der Waals surface area contributed by atoms with Gasteiger partial charge in [-0.3, -0.25) is 14.5 Å². The smallest absolute Gasteiger partial charge is 0.217 e. The van der Waals surface area contributed by atoms with Gasteiger partial charge in [-0.05, 0) is 20.0 Å². The Balaban J connectivity index is 4.44. The molecule has 0 aliphatic heterocycles. The number of likely N-dealkylation sites (N-methyl/N-ethyl adjacent to an activating group) is 1. The van der Waals surface area contributed by atoms with Crippen LogP contribution in [0.5, 0.6) is 0 Å². The van der Waals surface area contributed by atoms with E-state index in [0.717, 1.165) is 6.54 Å². The zero-order chi connectivity index (χ0) is 12.0. The molecule has 0 spiro atoms. The highest BCUT2D eigenvalue weighted by molar-refractivity contribution is 5.86. The Morgan fingerprint density at radius 3 is 2.20 bits per heavy atom. The van der Waals surface area contributed by atoms with Crippen molar-refractivity contribution in [3.05, 3.63) is 0 Å². The van der Waals surface area contributed by atoms with Gasteiger partial charge in [-0.25, -0.2) is 0 Å². The molecule has 4 heteroatoms. The summed E-state index contributed by atoms with van der Waals surface area (Å²) in [7, 11) is 1.89. The molecule has 0 unspecified atom stereocenters. The van der Waals surface area contributed by atoms with Crippen LogP contribution in [0, 0.1) is 5.92 Å². The number of ketones is 1. The zero-order valence-electron chi connectivity index (χ0n) is 10.1. The number of carbonyl (C=O) groups excluding carboxylic acids is 2. The Morgan fingerprint density at radius 1 is 1.33 bits per heavy atom. The molecule has 0 bridgehead atoms. The van der Waals surface area contributed by atoms with Crippen molar-refractivity contribution >= 4 is 11.7 Å². The number of amides is 1. The minimum absolute atomic E-state index is 0.00289. The van der Waals surface area contributed by atoms with Gasteiger partial charge in [-0.1, -0.05) is 20.8 Å². The number of primary amides is 1. The van der Waals surface area contributed by atoms with Gasteiger partial charge in [0, 0.05) is 12.3 Å². The summed E-state index contributed by atoms with van der Waals surface area (Å²) in [6.45, 7) is 6.54. The molecule has 1 atom stereocenters. The van der Waals surface area contributed by atoms with E-state index in [1.54, 1.807) is 0 Å². The molecule has 0 saturated carbocycles. The molecule has 15 heavy (non-hydrogen) atoms. The van der Waals surface area contributed by atoms with Gasteiger partial charge >= 0.3 is 0 Å². The first kappa shape index (κ1) is 14.1. The van der Waals surface area contributed by atoms with Crippen LogP contribution in [0.3, 0.4) is 0 Å². The van der Waals surface area contributed by atoms with Crippen LogP contribution in [0.2, 0.25) is 0 Å². The number of nitrogens with two attached hydrogens (primary N) is 1. The minimum Gasteiger partial charge on any atom is -0.370 e. The third-order valence-corrected chi connectivity index (χ3v) is 2.59. The Kier molecular flexibility index (Phi) is 6.17. The molecule has 0 aliphatic carbocycles. The van der Waals surface area contributed by atoms with Crippen molar-refractivity contribution in [2.75, 3.05) is 13.6 Å². The highest BCUT2D eigenvalue weighted by Crippen LogP contribution is 2.11. The van der Waals surface area contributed by atoms with Gasteiger partial charge in [0.25, 0.3) is 0 Å². The molecule has 1 amide bonds. The van der Waals surface area contributed by atoms with E-state index in [4.69, 9.17) is 5.73 Å². The van der Waals surface area contributed by atoms with Crippen molar-refractivity contribution in [3.63, 3.8) is 0 Å². The average molecular weight is 214 g/mol. The van der Waals surface area contributed by atoms with E-state index in [1.165, 1.54) is 0 Å². The molecule has 4 nitrogen and oxygen atoms in total. The van der Waals surface area contributed by atoms with E-state index in [1.807, 2.05) is 32.7 Å². The van der Waals surface area contributed by atoms with Crippen molar-refractivity contribution in [2.45, 2.75) is 39.7 Å². The Morgan fingerprint density at radius 2 is 1.87 bits per heavy atom. The maximum absolute atomic E-state index is 11.9. The number of carbonyl (C=O) groups is 2. The molecule has 0 aromatic rings. The molecule has 0 radical (unpaired) electrons. The number of Topliss-reactive ketones (excluding diaryl/α,β-unsaturated/α-hetero) is 1. The fourth-order valence-corrected chi connectivity index (χ4v) is 1.46. The van der Waals surface area contributed by atoms with E-state index in [2.05, 4.69) is 0 Å². The van der Waals surface area contributed by atoms with Gasteiger partial charge in [0.05, 0.1) is 6.04 Å². The van der Waals surface area contributed by atoms with Crippen molar-refractivity contribution < 1.29 is 9.59 Å². The molecule has 0 rings (SSSR count). The van der Waals surface area contributed by atoms with Crippen LogP contribution in [0.4, 0.5) is 0 Å². The maximum Gasteiger partial charge on any atom is 0.217 e. The first-order chi connectivity index (χ1) is 6.90. The van der Waals surface area contributed by atoms with E-state index in [-0.39, 0.29) is 30.1 Å². The Bertz CT molecular complexity index is 227. The second-order valence-corrected chi connectivity index (χ2v) is 4.15. The van der Waals surface area contributed by atoms with Crippen LogP contribution < -0.4 is 5.73 Å². The van der Waals surface area contributed by atoms with Crippen molar-refractivity contribution in [1.82, 2.24) is 4.90 Å². The third-order valence-electron chi connectivity index (χ3n) is 2.59. The zero-order valence-corrected chi connectivity index (χ0v) is 10.1. The fourth-order valence-electron chi connectivity index (χ4n) is 1.46. The summed E-state index contributed by atoms with van der Waals surface area (Å²) in [6.07, 6.45) is 0.796. The van der Waals surface area contributed by atoms with Gasteiger partial charge in [0.15, 0.2) is 5.78 Å². The fraction of sp³-hybridized carbons (Fsp3) is 0.818. The van der Waals surface area contributed by atoms with Crippen LogP contribution in [0.1, 0.15) is 33.6 Å². The summed E-state index contributed by atoms with van der Waals surface area (Å²) >= 11 is 0. The standard InChI is InChI=1S/C11H22N2O2/c1-5-13(4)9(6-7-10(12)14)11(15)8(2)3/h8-9H,5-7H2,1-4H3,(H2,12,14)/t9-/m0/s1. The first-order valence-corrected chi connectivity index (χ1v) is 5.42.